The van der Waals surface area contributed by atoms with Crippen molar-refractivity contribution in [3.8, 4) is 0 Å². The second kappa shape index (κ2) is 6.67. The molecule has 1 unspecified atom stereocenters. The first-order valence-electron chi connectivity index (χ1n) is 6.89. The van der Waals surface area contributed by atoms with E-state index in [0.29, 0.717) is 12.1 Å². The van der Waals surface area contributed by atoms with Crippen LogP contribution in [0, 0.1) is 25.5 Å². The van der Waals surface area contributed by atoms with Crippen LogP contribution >= 0.6 is 15.9 Å². The van der Waals surface area contributed by atoms with Gasteiger partial charge in [0.2, 0.25) is 0 Å². The molecule has 0 aliphatic rings. The van der Waals surface area contributed by atoms with E-state index in [1.165, 1.54) is 12.1 Å². The minimum absolute atomic E-state index is 0.139. The molecule has 0 radical (unpaired) electrons. The fraction of sp³-hybridized carbons (Fsp3) is 0.294. The van der Waals surface area contributed by atoms with Gasteiger partial charge in [0.25, 0.3) is 0 Å². The summed E-state index contributed by atoms with van der Waals surface area (Å²) in [7, 11) is 0. The van der Waals surface area contributed by atoms with Gasteiger partial charge in [0.05, 0.1) is 10.5 Å². The fourth-order valence-electron chi connectivity index (χ4n) is 2.61. The Bertz CT molecular complexity index is 635. The molecule has 0 aromatic heterocycles. The van der Waals surface area contributed by atoms with Crippen LogP contribution in [0.25, 0.3) is 0 Å². The van der Waals surface area contributed by atoms with Gasteiger partial charge in [0.1, 0.15) is 11.6 Å². The van der Waals surface area contributed by atoms with Crippen molar-refractivity contribution in [1.82, 2.24) is 5.32 Å². The normalized spacial score (nSPS) is 12.5. The zero-order valence-corrected chi connectivity index (χ0v) is 13.9. The maximum atomic E-state index is 14.3. The molecule has 0 aliphatic heterocycles. The van der Waals surface area contributed by atoms with Crippen LogP contribution in [0.3, 0.4) is 0 Å². The molecule has 112 valence electrons. The summed E-state index contributed by atoms with van der Waals surface area (Å²) in [6.07, 6.45) is 0. The molecule has 0 spiro atoms. The second-order valence-electron chi connectivity index (χ2n) is 5.08. The highest BCUT2D eigenvalue weighted by molar-refractivity contribution is 9.10. The summed E-state index contributed by atoms with van der Waals surface area (Å²) in [5.74, 6) is -0.877. The van der Waals surface area contributed by atoms with Gasteiger partial charge in [-0.25, -0.2) is 8.78 Å². The van der Waals surface area contributed by atoms with Gasteiger partial charge in [0, 0.05) is 5.56 Å². The van der Waals surface area contributed by atoms with Crippen molar-refractivity contribution in [2.24, 2.45) is 0 Å². The average Bonchev–Trinajstić information content (AvgIpc) is 2.42. The second-order valence-corrected chi connectivity index (χ2v) is 5.94. The summed E-state index contributed by atoms with van der Waals surface area (Å²) in [6.45, 7) is 6.59. The molecule has 2 rings (SSSR count). The van der Waals surface area contributed by atoms with E-state index in [-0.39, 0.29) is 10.5 Å². The zero-order chi connectivity index (χ0) is 15.6. The first-order valence-corrected chi connectivity index (χ1v) is 7.69. The van der Waals surface area contributed by atoms with Crippen molar-refractivity contribution in [2.75, 3.05) is 6.54 Å². The monoisotopic (exact) mass is 353 g/mol. The highest BCUT2D eigenvalue weighted by atomic mass is 79.9. The van der Waals surface area contributed by atoms with E-state index in [2.05, 4.69) is 21.2 Å². The summed E-state index contributed by atoms with van der Waals surface area (Å²) in [4.78, 5) is 0. The number of aryl methyl sites for hydroxylation is 2. The van der Waals surface area contributed by atoms with Crippen LogP contribution in [-0.2, 0) is 0 Å². The number of halogens is 3. The van der Waals surface area contributed by atoms with Gasteiger partial charge < -0.3 is 5.32 Å². The van der Waals surface area contributed by atoms with Crippen molar-refractivity contribution < 1.29 is 8.78 Å². The molecular weight excluding hydrogens is 336 g/mol. The van der Waals surface area contributed by atoms with Crippen LogP contribution in [-0.4, -0.2) is 6.54 Å². The Morgan fingerprint density at radius 2 is 1.71 bits per heavy atom. The molecule has 21 heavy (non-hydrogen) atoms. The SMILES string of the molecule is CCNC(c1cc(F)c(Br)cc1F)c1c(C)cccc1C. The molecule has 1 nitrogen and oxygen atoms in total. The summed E-state index contributed by atoms with van der Waals surface area (Å²) in [6, 6.07) is 8.02. The maximum absolute atomic E-state index is 14.3. The molecule has 0 bridgehead atoms. The third kappa shape index (κ3) is 3.33. The van der Waals surface area contributed by atoms with Crippen LogP contribution in [0.4, 0.5) is 8.78 Å². The molecule has 1 N–H and O–H groups in total. The Morgan fingerprint density at radius 3 is 2.29 bits per heavy atom. The van der Waals surface area contributed by atoms with Crippen molar-refractivity contribution in [3.63, 3.8) is 0 Å². The highest BCUT2D eigenvalue weighted by Gasteiger charge is 2.22. The Hall–Kier alpha value is -1.26. The van der Waals surface area contributed by atoms with Gasteiger partial charge in [-0.1, -0.05) is 25.1 Å². The zero-order valence-electron chi connectivity index (χ0n) is 12.3. The quantitative estimate of drug-likeness (QED) is 0.759. The van der Waals surface area contributed by atoms with Crippen molar-refractivity contribution in [1.29, 1.82) is 0 Å². The Balaban J connectivity index is 2.62. The third-order valence-electron chi connectivity index (χ3n) is 3.59. The summed E-state index contributed by atoms with van der Waals surface area (Å²) in [5, 5.41) is 3.26. The average molecular weight is 354 g/mol. The van der Waals surface area contributed by atoms with Gasteiger partial charge >= 0.3 is 0 Å². The molecule has 0 amide bonds. The van der Waals surface area contributed by atoms with Crippen molar-refractivity contribution in [3.05, 3.63) is 68.7 Å². The van der Waals surface area contributed by atoms with Crippen LogP contribution < -0.4 is 5.32 Å². The Labute approximate surface area is 132 Å². The number of hydrogen-bond acceptors (Lipinski definition) is 1. The molecule has 1 atom stereocenters. The molecule has 2 aromatic rings. The summed E-state index contributed by atoms with van der Waals surface area (Å²) >= 11 is 3.02. The molecule has 0 fully saturated rings. The molecule has 0 saturated heterocycles. The highest BCUT2D eigenvalue weighted by Crippen LogP contribution is 2.31. The predicted octanol–water partition coefficient (Wildman–Crippen LogP) is 5.04. The van der Waals surface area contributed by atoms with Gasteiger partial charge in [-0.05, 0) is 65.1 Å². The van der Waals surface area contributed by atoms with Gasteiger partial charge in [0.15, 0.2) is 0 Å². The van der Waals surface area contributed by atoms with E-state index in [9.17, 15) is 8.78 Å². The first kappa shape index (κ1) is 16.1. The number of nitrogens with one attached hydrogen (secondary N) is 1. The van der Waals surface area contributed by atoms with E-state index in [4.69, 9.17) is 0 Å². The van der Waals surface area contributed by atoms with Crippen LogP contribution in [0.2, 0.25) is 0 Å². The number of hydrogen-bond donors (Lipinski definition) is 1. The van der Waals surface area contributed by atoms with E-state index in [1.54, 1.807) is 0 Å². The first-order chi connectivity index (χ1) is 9.95. The topological polar surface area (TPSA) is 12.0 Å². The Morgan fingerprint density at radius 1 is 1.10 bits per heavy atom. The molecule has 2 aromatic carbocycles. The largest absolute Gasteiger partial charge is 0.306 e. The van der Waals surface area contributed by atoms with Gasteiger partial charge in [-0.2, -0.15) is 0 Å². The number of rotatable bonds is 4. The third-order valence-corrected chi connectivity index (χ3v) is 4.20. The fourth-order valence-corrected chi connectivity index (χ4v) is 2.93. The van der Waals surface area contributed by atoms with Gasteiger partial charge in [-0.15, -0.1) is 0 Å². The lowest BCUT2D eigenvalue weighted by Gasteiger charge is -2.23. The lowest BCUT2D eigenvalue weighted by atomic mass is 9.91. The molecular formula is C17H18BrF2N. The van der Waals surface area contributed by atoms with E-state index in [0.717, 1.165) is 16.7 Å². The van der Waals surface area contributed by atoms with E-state index >= 15 is 0 Å². The molecule has 0 aliphatic carbocycles. The van der Waals surface area contributed by atoms with E-state index in [1.807, 2.05) is 39.0 Å². The smallest absolute Gasteiger partial charge is 0.137 e. The lowest BCUT2D eigenvalue weighted by Crippen LogP contribution is -2.25. The Kier molecular flexibility index (Phi) is 5.12. The van der Waals surface area contributed by atoms with Crippen molar-refractivity contribution in [2.45, 2.75) is 26.8 Å². The summed E-state index contributed by atoms with van der Waals surface area (Å²) in [5.41, 5.74) is 3.45. The minimum Gasteiger partial charge on any atom is -0.306 e. The minimum atomic E-state index is -0.458. The van der Waals surface area contributed by atoms with E-state index < -0.39 is 11.6 Å². The maximum Gasteiger partial charge on any atom is 0.137 e. The van der Waals surface area contributed by atoms with Crippen molar-refractivity contribution >= 4 is 15.9 Å². The molecule has 0 saturated carbocycles. The number of benzene rings is 2. The summed E-state index contributed by atoms with van der Waals surface area (Å²) < 4.78 is 28.3. The van der Waals surface area contributed by atoms with Crippen LogP contribution in [0.5, 0.6) is 0 Å². The predicted molar refractivity (Wildman–Crippen MR) is 85.5 cm³/mol. The van der Waals surface area contributed by atoms with Crippen LogP contribution in [0.15, 0.2) is 34.8 Å². The standard InChI is InChI=1S/C17H18BrF2N/c1-4-21-17(16-10(2)6-5-7-11(16)3)12-8-15(20)13(18)9-14(12)19/h5-9,17,21H,4H2,1-3H3. The lowest BCUT2D eigenvalue weighted by molar-refractivity contribution is 0.540. The molecule has 4 heteroatoms. The van der Waals surface area contributed by atoms with Crippen LogP contribution in [0.1, 0.15) is 35.2 Å². The molecule has 0 heterocycles. The van der Waals surface area contributed by atoms with Gasteiger partial charge in [-0.3, -0.25) is 0 Å².